The van der Waals surface area contributed by atoms with Crippen molar-refractivity contribution in [1.82, 2.24) is 0 Å². The molecular formula is C17H19NO4S. The third kappa shape index (κ3) is 5.41. The van der Waals surface area contributed by atoms with Crippen LogP contribution in [-0.4, -0.2) is 25.1 Å². The van der Waals surface area contributed by atoms with E-state index in [1.54, 1.807) is 49.6 Å². The molecule has 0 spiro atoms. The second-order valence-corrected chi connectivity index (χ2v) is 5.76. The number of carbonyl (C=O) groups excluding carboxylic acids is 2. The molecule has 2 rings (SSSR count). The number of thiophene rings is 1. The van der Waals surface area contributed by atoms with Gasteiger partial charge < -0.3 is 14.8 Å². The average Bonchev–Trinajstić information content (AvgIpc) is 3.07. The van der Waals surface area contributed by atoms with Crippen molar-refractivity contribution in [1.29, 1.82) is 0 Å². The van der Waals surface area contributed by atoms with E-state index in [0.717, 1.165) is 5.56 Å². The third-order valence-electron chi connectivity index (χ3n) is 3.23. The fourth-order valence-corrected chi connectivity index (χ4v) is 2.61. The molecule has 1 N–H and O–H groups in total. The number of anilines is 1. The summed E-state index contributed by atoms with van der Waals surface area (Å²) in [6.45, 7) is 1.56. The number of methoxy groups -OCH3 is 1. The molecule has 0 radical (unpaired) electrons. The predicted octanol–water partition coefficient (Wildman–Crippen LogP) is 3.26. The van der Waals surface area contributed by atoms with E-state index in [2.05, 4.69) is 5.32 Å². The Morgan fingerprint density at radius 3 is 2.57 bits per heavy atom. The SMILES string of the molecule is COc1ccc(NC(=O)[C@@H](C)OC(=O)CCc2ccsc2)cc1. The molecule has 6 heteroatoms. The highest BCUT2D eigenvalue weighted by atomic mass is 32.1. The minimum Gasteiger partial charge on any atom is -0.497 e. The third-order valence-corrected chi connectivity index (χ3v) is 3.96. The van der Waals surface area contributed by atoms with Gasteiger partial charge in [0.25, 0.3) is 5.91 Å². The van der Waals surface area contributed by atoms with Gasteiger partial charge in [0, 0.05) is 12.1 Å². The quantitative estimate of drug-likeness (QED) is 0.790. The Morgan fingerprint density at radius 2 is 1.96 bits per heavy atom. The summed E-state index contributed by atoms with van der Waals surface area (Å²) in [5.41, 5.74) is 1.72. The van der Waals surface area contributed by atoms with Crippen molar-refractivity contribution < 1.29 is 19.1 Å². The maximum absolute atomic E-state index is 12.0. The van der Waals surface area contributed by atoms with Gasteiger partial charge in [-0.15, -0.1) is 0 Å². The van der Waals surface area contributed by atoms with Gasteiger partial charge in [-0.2, -0.15) is 11.3 Å². The molecule has 0 fully saturated rings. The van der Waals surface area contributed by atoms with Gasteiger partial charge in [-0.1, -0.05) is 0 Å². The fourth-order valence-electron chi connectivity index (χ4n) is 1.91. The highest BCUT2D eigenvalue weighted by Gasteiger charge is 2.17. The molecule has 2 aromatic rings. The van der Waals surface area contributed by atoms with Gasteiger partial charge >= 0.3 is 5.97 Å². The molecule has 0 aliphatic carbocycles. The van der Waals surface area contributed by atoms with Gasteiger partial charge in [-0.25, -0.2) is 0 Å². The Balaban J connectivity index is 1.78. The van der Waals surface area contributed by atoms with Crippen LogP contribution in [0, 0.1) is 0 Å². The monoisotopic (exact) mass is 333 g/mol. The molecule has 5 nitrogen and oxygen atoms in total. The number of carbonyl (C=O) groups is 2. The zero-order chi connectivity index (χ0) is 16.7. The first kappa shape index (κ1) is 17.0. The molecule has 122 valence electrons. The molecule has 23 heavy (non-hydrogen) atoms. The molecule has 1 aromatic carbocycles. The van der Waals surface area contributed by atoms with E-state index in [9.17, 15) is 9.59 Å². The number of hydrogen-bond acceptors (Lipinski definition) is 5. The number of hydrogen-bond donors (Lipinski definition) is 1. The van der Waals surface area contributed by atoms with E-state index in [1.807, 2.05) is 16.8 Å². The van der Waals surface area contributed by atoms with Gasteiger partial charge in [0.15, 0.2) is 6.10 Å². The van der Waals surface area contributed by atoms with Crippen molar-refractivity contribution in [3.05, 3.63) is 46.7 Å². The van der Waals surface area contributed by atoms with Gasteiger partial charge in [-0.3, -0.25) is 9.59 Å². The normalized spacial score (nSPS) is 11.6. The predicted molar refractivity (Wildman–Crippen MR) is 89.8 cm³/mol. The molecule has 0 unspecified atom stereocenters. The number of esters is 1. The van der Waals surface area contributed by atoms with Crippen molar-refractivity contribution in [3.8, 4) is 5.75 Å². The smallest absolute Gasteiger partial charge is 0.306 e. The zero-order valence-corrected chi connectivity index (χ0v) is 13.9. The van der Waals surface area contributed by atoms with Crippen LogP contribution in [-0.2, 0) is 20.7 Å². The van der Waals surface area contributed by atoms with Crippen molar-refractivity contribution in [2.75, 3.05) is 12.4 Å². The number of benzene rings is 1. The summed E-state index contributed by atoms with van der Waals surface area (Å²) >= 11 is 1.59. The van der Waals surface area contributed by atoms with Crippen LogP contribution in [0.1, 0.15) is 18.9 Å². The highest BCUT2D eigenvalue weighted by molar-refractivity contribution is 7.07. The summed E-state index contributed by atoms with van der Waals surface area (Å²) in [6, 6.07) is 8.90. The Hall–Kier alpha value is -2.34. The standard InChI is InChI=1S/C17H19NO4S/c1-12(22-16(19)8-3-13-9-10-23-11-13)17(20)18-14-4-6-15(21-2)7-5-14/h4-7,9-12H,3,8H2,1-2H3,(H,18,20)/t12-/m1/s1. The topological polar surface area (TPSA) is 64.6 Å². The fraction of sp³-hybridized carbons (Fsp3) is 0.294. The average molecular weight is 333 g/mol. The number of rotatable bonds is 7. The van der Waals surface area contributed by atoms with Crippen LogP contribution in [0.3, 0.4) is 0 Å². The molecule has 1 amide bonds. The first-order chi connectivity index (χ1) is 11.1. The van der Waals surface area contributed by atoms with E-state index < -0.39 is 6.10 Å². The molecule has 1 aromatic heterocycles. The van der Waals surface area contributed by atoms with Crippen LogP contribution in [0.5, 0.6) is 5.75 Å². The summed E-state index contributed by atoms with van der Waals surface area (Å²) < 4.78 is 10.2. The number of amides is 1. The first-order valence-corrected chi connectivity index (χ1v) is 8.18. The molecule has 0 aliphatic rings. The van der Waals surface area contributed by atoms with Crippen molar-refractivity contribution >= 4 is 28.9 Å². The summed E-state index contributed by atoms with van der Waals surface area (Å²) in [5, 5.41) is 6.65. The van der Waals surface area contributed by atoms with Crippen molar-refractivity contribution in [3.63, 3.8) is 0 Å². The van der Waals surface area contributed by atoms with Gasteiger partial charge in [0.1, 0.15) is 5.75 Å². The zero-order valence-electron chi connectivity index (χ0n) is 13.1. The molecule has 0 aliphatic heterocycles. The van der Waals surface area contributed by atoms with Crippen LogP contribution >= 0.6 is 11.3 Å². The van der Waals surface area contributed by atoms with E-state index in [1.165, 1.54) is 0 Å². The minimum atomic E-state index is -0.841. The number of aryl methyl sites for hydroxylation is 1. The second kappa shape index (κ2) is 8.33. The first-order valence-electron chi connectivity index (χ1n) is 7.24. The molecule has 0 bridgehead atoms. The molecular weight excluding hydrogens is 314 g/mol. The molecule has 1 heterocycles. The summed E-state index contributed by atoms with van der Waals surface area (Å²) in [7, 11) is 1.57. The Labute approximate surface area is 139 Å². The molecule has 0 saturated carbocycles. The molecule has 1 atom stereocenters. The van der Waals surface area contributed by atoms with E-state index in [0.29, 0.717) is 17.9 Å². The molecule has 0 saturated heterocycles. The lowest BCUT2D eigenvalue weighted by Gasteiger charge is -2.13. The van der Waals surface area contributed by atoms with Crippen LogP contribution in [0.4, 0.5) is 5.69 Å². The van der Waals surface area contributed by atoms with Gasteiger partial charge in [0.05, 0.1) is 7.11 Å². The van der Waals surface area contributed by atoms with E-state index in [4.69, 9.17) is 9.47 Å². The van der Waals surface area contributed by atoms with E-state index >= 15 is 0 Å². The summed E-state index contributed by atoms with van der Waals surface area (Å²) in [4.78, 5) is 23.8. The second-order valence-electron chi connectivity index (χ2n) is 4.98. The van der Waals surface area contributed by atoms with Crippen molar-refractivity contribution in [2.45, 2.75) is 25.9 Å². The summed E-state index contributed by atoms with van der Waals surface area (Å²) in [6.07, 6.45) is 0.0403. The van der Waals surface area contributed by atoms with E-state index in [-0.39, 0.29) is 18.3 Å². The minimum absolute atomic E-state index is 0.261. The van der Waals surface area contributed by atoms with Gasteiger partial charge in [-0.05, 0) is 60.0 Å². The Kier molecular flexibility index (Phi) is 6.17. The van der Waals surface area contributed by atoms with Crippen LogP contribution < -0.4 is 10.1 Å². The largest absolute Gasteiger partial charge is 0.497 e. The number of ether oxygens (including phenoxy) is 2. The summed E-state index contributed by atoms with van der Waals surface area (Å²) in [5.74, 6) is -0.0384. The lowest BCUT2D eigenvalue weighted by atomic mass is 10.2. The van der Waals surface area contributed by atoms with Crippen LogP contribution in [0.25, 0.3) is 0 Å². The van der Waals surface area contributed by atoms with Crippen LogP contribution in [0.2, 0.25) is 0 Å². The lowest BCUT2D eigenvalue weighted by Crippen LogP contribution is -2.30. The van der Waals surface area contributed by atoms with Crippen molar-refractivity contribution in [2.24, 2.45) is 0 Å². The Morgan fingerprint density at radius 1 is 1.22 bits per heavy atom. The number of nitrogens with one attached hydrogen (secondary N) is 1. The lowest BCUT2D eigenvalue weighted by molar-refractivity contribution is -0.153. The van der Waals surface area contributed by atoms with Crippen LogP contribution in [0.15, 0.2) is 41.1 Å². The maximum atomic E-state index is 12.0. The Bertz CT molecular complexity index is 637. The maximum Gasteiger partial charge on any atom is 0.306 e. The highest BCUT2D eigenvalue weighted by Crippen LogP contribution is 2.15. The van der Waals surface area contributed by atoms with Gasteiger partial charge in [0.2, 0.25) is 0 Å².